The van der Waals surface area contributed by atoms with E-state index in [0.717, 1.165) is 46.7 Å². The summed E-state index contributed by atoms with van der Waals surface area (Å²) in [6, 6.07) is 30.8. The number of amides is 1. The van der Waals surface area contributed by atoms with Gasteiger partial charge in [-0.25, -0.2) is 0 Å². The molecule has 1 aliphatic rings. The topological polar surface area (TPSA) is 38.1 Å². The second-order valence-electron chi connectivity index (χ2n) is 8.11. The minimum absolute atomic E-state index is 0.236. The summed E-state index contributed by atoms with van der Waals surface area (Å²) in [7, 11) is 0. The van der Waals surface area contributed by atoms with Crippen LogP contribution in [0.4, 0.5) is 5.69 Å². The number of rotatable bonds is 3. The van der Waals surface area contributed by atoms with Crippen molar-refractivity contribution in [2.24, 2.45) is 0 Å². The molecule has 0 radical (unpaired) electrons. The van der Waals surface area contributed by atoms with E-state index in [9.17, 15) is 4.79 Å². The standard InChI is InChI=1S/C28H21N3O/c32-19-31-26-12-4-2-8-22(26)18-30-16-6-13-27(30)28(31)21-14-15-25(29-17-21)24-11-5-9-20-7-1-3-10-23(20)24/h1-17,19,28H,18H2. The number of hydrogen-bond acceptors (Lipinski definition) is 2. The van der Waals surface area contributed by atoms with Gasteiger partial charge in [0.1, 0.15) is 6.04 Å². The van der Waals surface area contributed by atoms with Crippen molar-refractivity contribution < 1.29 is 4.79 Å². The normalized spacial score (nSPS) is 15.1. The molecule has 0 spiro atoms. The number of carbonyl (C=O) groups excluding carboxylic acids is 1. The number of hydrogen-bond donors (Lipinski definition) is 0. The highest BCUT2D eigenvalue weighted by molar-refractivity contribution is 5.95. The molecule has 2 aromatic heterocycles. The molecule has 1 atom stereocenters. The van der Waals surface area contributed by atoms with E-state index in [1.165, 1.54) is 10.8 Å². The van der Waals surface area contributed by atoms with Crippen LogP contribution in [0, 0.1) is 0 Å². The molecule has 32 heavy (non-hydrogen) atoms. The van der Waals surface area contributed by atoms with Gasteiger partial charge >= 0.3 is 0 Å². The van der Waals surface area contributed by atoms with Gasteiger partial charge < -0.3 is 9.47 Å². The lowest BCUT2D eigenvalue weighted by molar-refractivity contribution is -0.107. The first-order chi connectivity index (χ1) is 15.8. The number of nitrogens with zero attached hydrogens (tertiary/aromatic N) is 3. The SMILES string of the molecule is O=CN1c2ccccc2Cn2cccc2C1c1ccc(-c2cccc3ccccc23)nc1. The van der Waals surface area contributed by atoms with Crippen LogP contribution >= 0.6 is 0 Å². The number of para-hydroxylation sites is 1. The molecule has 4 heteroatoms. The van der Waals surface area contributed by atoms with E-state index in [4.69, 9.17) is 4.98 Å². The maximum absolute atomic E-state index is 12.3. The van der Waals surface area contributed by atoms with E-state index in [0.29, 0.717) is 0 Å². The molecular weight excluding hydrogens is 394 g/mol. The lowest BCUT2D eigenvalue weighted by atomic mass is 9.99. The average Bonchev–Trinajstić information content (AvgIpc) is 3.25. The number of anilines is 1. The van der Waals surface area contributed by atoms with E-state index >= 15 is 0 Å². The third-order valence-electron chi connectivity index (χ3n) is 6.31. The summed E-state index contributed by atoms with van der Waals surface area (Å²) in [6.45, 7) is 0.737. The molecule has 1 amide bonds. The fraction of sp³-hybridized carbons (Fsp3) is 0.0714. The molecule has 0 N–H and O–H groups in total. The smallest absolute Gasteiger partial charge is 0.215 e. The zero-order chi connectivity index (χ0) is 21.5. The Balaban J connectivity index is 1.47. The third kappa shape index (κ3) is 2.92. The molecule has 4 nitrogen and oxygen atoms in total. The Labute approximate surface area is 186 Å². The van der Waals surface area contributed by atoms with Crippen LogP contribution in [0.1, 0.15) is 22.9 Å². The van der Waals surface area contributed by atoms with Crippen LogP contribution in [0.15, 0.2) is 103 Å². The summed E-state index contributed by atoms with van der Waals surface area (Å²) in [5, 5.41) is 2.38. The van der Waals surface area contributed by atoms with Crippen molar-refractivity contribution in [3.63, 3.8) is 0 Å². The van der Waals surface area contributed by atoms with Crippen LogP contribution in [-0.2, 0) is 11.3 Å². The second kappa shape index (κ2) is 7.50. The number of benzene rings is 3. The van der Waals surface area contributed by atoms with Crippen molar-refractivity contribution >= 4 is 22.9 Å². The molecule has 3 aromatic carbocycles. The fourth-order valence-electron chi connectivity index (χ4n) is 4.81. The fourth-order valence-corrected chi connectivity index (χ4v) is 4.81. The molecule has 5 aromatic rings. The Morgan fingerprint density at radius 3 is 2.56 bits per heavy atom. The minimum atomic E-state index is -0.236. The number of pyridine rings is 1. The Kier molecular flexibility index (Phi) is 4.36. The van der Waals surface area contributed by atoms with Crippen LogP contribution in [0.25, 0.3) is 22.0 Å². The van der Waals surface area contributed by atoms with Gasteiger partial charge in [0.25, 0.3) is 0 Å². The third-order valence-corrected chi connectivity index (χ3v) is 6.31. The molecule has 0 bridgehead atoms. The maximum Gasteiger partial charge on any atom is 0.215 e. The molecule has 1 unspecified atom stereocenters. The van der Waals surface area contributed by atoms with Gasteiger partial charge in [0.15, 0.2) is 0 Å². The average molecular weight is 415 g/mol. The van der Waals surface area contributed by atoms with Crippen LogP contribution in [0.5, 0.6) is 0 Å². The number of fused-ring (bicyclic) bond motifs is 3. The highest BCUT2D eigenvalue weighted by atomic mass is 16.1. The van der Waals surface area contributed by atoms with Crippen molar-refractivity contribution in [1.82, 2.24) is 9.55 Å². The van der Waals surface area contributed by atoms with Crippen LogP contribution in [0.2, 0.25) is 0 Å². The zero-order valence-electron chi connectivity index (χ0n) is 17.4. The van der Waals surface area contributed by atoms with Crippen LogP contribution < -0.4 is 4.90 Å². The largest absolute Gasteiger partial charge is 0.345 e. The predicted molar refractivity (Wildman–Crippen MR) is 128 cm³/mol. The maximum atomic E-state index is 12.3. The Morgan fingerprint density at radius 2 is 1.69 bits per heavy atom. The van der Waals surface area contributed by atoms with Gasteiger partial charge in [-0.05, 0) is 46.2 Å². The van der Waals surface area contributed by atoms with Crippen molar-refractivity contribution in [2.75, 3.05) is 4.90 Å². The van der Waals surface area contributed by atoms with Crippen LogP contribution in [-0.4, -0.2) is 16.0 Å². The molecule has 3 heterocycles. The summed E-state index contributed by atoms with van der Waals surface area (Å²) in [5.41, 5.74) is 6.16. The van der Waals surface area contributed by atoms with E-state index in [2.05, 4.69) is 77.5 Å². The highest BCUT2D eigenvalue weighted by Crippen LogP contribution is 2.38. The van der Waals surface area contributed by atoms with Gasteiger partial charge in [0.05, 0.1) is 5.69 Å². The summed E-state index contributed by atoms with van der Waals surface area (Å²) >= 11 is 0. The van der Waals surface area contributed by atoms with Gasteiger partial charge in [0, 0.05) is 35.9 Å². The molecule has 0 saturated heterocycles. The molecule has 0 fully saturated rings. The first kappa shape index (κ1) is 18.6. The van der Waals surface area contributed by atoms with Gasteiger partial charge in [-0.3, -0.25) is 9.78 Å². The molecule has 1 aliphatic heterocycles. The van der Waals surface area contributed by atoms with Crippen molar-refractivity contribution in [2.45, 2.75) is 12.6 Å². The predicted octanol–water partition coefficient (Wildman–Crippen LogP) is 5.82. The molecule has 154 valence electrons. The van der Waals surface area contributed by atoms with E-state index < -0.39 is 0 Å². The quantitative estimate of drug-likeness (QED) is 0.348. The van der Waals surface area contributed by atoms with E-state index in [1.54, 1.807) is 0 Å². The first-order valence-corrected chi connectivity index (χ1v) is 10.7. The van der Waals surface area contributed by atoms with Gasteiger partial charge in [-0.2, -0.15) is 0 Å². The molecular formula is C28H21N3O. The molecule has 0 saturated carbocycles. The van der Waals surface area contributed by atoms with Gasteiger partial charge in [0.2, 0.25) is 6.41 Å². The zero-order valence-corrected chi connectivity index (χ0v) is 17.4. The minimum Gasteiger partial charge on any atom is -0.345 e. The van der Waals surface area contributed by atoms with Crippen molar-refractivity contribution in [3.8, 4) is 11.3 Å². The lowest BCUT2D eigenvalue weighted by Crippen LogP contribution is -2.28. The Bertz CT molecular complexity index is 1430. The lowest BCUT2D eigenvalue weighted by Gasteiger charge is -2.28. The van der Waals surface area contributed by atoms with E-state index in [1.807, 2.05) is 35.4 Å². The summed E-state index contributed by atoms with van der Waals surface area (Å²) in [5.74, 6) is 0. The molecule has 0 aliphatic carbocycles. The number of carbonyl (C=O) groups is 1. The molecule has 6 rings (SSSR count). The second-order valence-corrected chi connectivity index (χ2v) is 8.11. The highest BCUT2D eigenvalue weighted by Gasteiger charge is 2.30. The summed E-state index contributed by atoms with van der Waals surface area (Å²) in [4.78, 5) is 19.0. The van der Waals surface area contributed by atoms with Gasteiger partial charge in [-0.15, -0.1) is 0 Å². The first-order valence-electron chi connectivity index (χ1n) is 10.7. The number of aromatic nitrogens is 2. The monoisotopic (exact) mass is 415 g/mol. The van der Waals surface area contributed by atoms with E-state index in [-0.39, 0.29) is 6.04 Å². The Hall–Kier alpha value is -4.18. The van der Waals surface area contributed by atoms with Crippen LogP contribution in [0.3, 0.4) is 0 Å². The summed E-state index contributed by atoms with van der Waals surface area (Å²) in [6.07, 6.45) is 4.92. The van der Waals surface area contributed by atoms with Crippen molar-refractivity contribution in [3.05, 3.63) is 120 Å². The van der Waals surface area contributed by atoms with Crippen molar-refractivity contribution in [1.29, 1.82) is 0 Å². The summed E-state index contributed by atoms with van der Waals surface area (Å²) < 4.78 is 2.21. The Morgan fingerprint density at radius 1 is 0.844 bits per heavy atom. The van der Waals surface area contributed by atoms with Gasteiger partial charge in [-0.1, -0.05) is 66.7 Å².